The maximum absolute atomic E-state index is 11.7. The van der Waals surface area contributed by atoms with Gasteiger partial charge in [-0.3, -0.25) is 9.78 Å². The topological polar surface area (TPSA) is 84.7 Å². The van der Waals surface area contributed by atoms with E-state index < -0.39 is 0 Å². The van der Waals surface area contributed by atoms with Crippen LogP contribution in [-0.2, 0) is 6.42 Å². The zero-order chi connectivity index (χ0) is 11.7. The predicted octanol–water partition coefficient (Wildman–Crippen LogP) is 0.897. The smallest absolute Gasteiger partial charge is 0.271 e. The minimum absolute atomic E-state index is 0.267. The first kappa shape index (κ1) is 9.71. The predicted molar refractivity (Wildman–Crippen MR) is 59.5 cm³/mol. The molecule has 2 aromatic heterocycles. The first-order valence-corrected chi connectivity index (χ1v) is 5.08. The summed E-state index contributed by atoms with van der Waals surface area (Å²) in [5.41, 5.74) is 1.74. The summed E-state index contributed by atoms with van der Waals surface area (Å²) in [7, 11) is 0. The lowest BCUT2D eigenvalue weighted by Crippen LogP contribution is -2.15. The maximum Gasteiger partial charge on any atom is 0.271 e. The number of hydrogen-bond acceptors (Lipinski definition) is 5. The fourth-order valence-corrected chi connectivity index (χ4v) is 1.60. The molecule has 0 aliphatic heterocycles. The fraction of sp³-hybridized carbons (Fsp3) is 0.0909. The number of hydrogen-bond donors (Lipinski definition) is 1. The van der Waals surface area contributed by atoms with Crippen molar-refractivity contribution in [1.29, 1.82) is 0 Å². The molecule has 0 saturated heterocycles. The van der Waals surface area contributed by atoms with E-state index in [2.05, 4.69) is 24.9 Å². The Bertz CT molecular complexity index is 702. The van der Waals surface area contributed by atoms with Crippen molar-refractivity contribution in [3.63, 3.8) is 0 Å². The number of benzene rings is 1. The normalized spacial score (nSPS) is 10.8. The van der Waals surface area contributed by atoms with Crippen LogP contribution in [0.1, 0.15) is 11.3 Å². The number of aromatic amines is 1. The highest BCUT2D eigenvalue weighted by atomic mass is 16.6. The maximum atomic E-state index is 11.7. The fourth-order valence-electron chi connectivity index (χ4n) is 1.60. The molecule has 0 bridgehead atoms. The summed E-state index contributed by atoms with van der Waals surface area (Å²) in [6.07, 6.45) is 0.457. The number of aromatic nitrogens is 4. The van der Waals surface area contributed by atoms with Crippen LogP contribution in [-0.4, -0.2) is 20.3 Å². The highest BCUT2D eigenvalue weighted by Crippen LogP contribution is 2.05. The van der Waals surface area contributed by atoms with Gasteiger partial charge in [-0.25, -0.2) is 9.61 Å². The molecule has 0 saturated carbocycles. The number of nitrogens with one attached hydrogen (secondary N) is 1. The Morgan fingerprint density at radius 1 is 1.18 bits per heavy atom. The van der Waals surface area contributed by atoms with Crippen molar-refractivity contribution in [2.75, 3.05) is 0 Å². The molecule has 0 aliphatic rings. The van der Waals surface area contributed by atoms with Gasteiger partial charge >= 0.3 is 0 Å². The molecule has 6 heteroatoms. The van der Waals surface area contributed by atoms with E-state index in [9.17, 15) is 4.79 Å². The van der Waals surface area contributed by atoms with Crippen LogP contribution in [0.4, 0.5) is 0 Å². The lowest BCUT2D eigenvalue weighted by atomic mass is 10.1. The van der Waals surface area contributed by atoms with Gasteiger partial charge in [-0.15, -0.1) is 0 Å². The van der Waals surface area contributed by atoms with E-state index in [-0.39, 0.29) is 11.2 Å². The standard InChI is InChI=1S/C11H8N4O2/c16-11-8(6-7-4-2-1-3-5-7)12-9-10(13-11)15-17-14-9/h1-5H,6H2,(H,13,15,16). The molecule has 0 radical (unpaired) electrons. The monoisotopic (exact) mass is 228 g/mol. The molecule has 0 spiro atoms. The molecule has 3 aromatic rings. The summed E-state index contributed by atoms with van der Waals surface area (Å²) in [6, 6.07) is 9.63. The summed E-state index contributed by atoms with van der Waals surface area (Å²) in [5.74, 6) is 0. The van der Waals surface area contributed by atoms with Gasteiger partial charge in [-0.2, -0.15) is 0 Å². The Morgan fingerprint density at radius 3 is 2.82 bits per heavy atom. The molecule has 17 heavy (non-hydrogen) atoms. The largest absolute Gasteiger partial charge is 0.299 e. The lowest BCUT2D eigenvalue weighted by molar-refractivity contribution is 0.314. The number of fused-ring (bicyclic) bond motifs is 1. The molecule has 1 aromatic carbocycles. The third-order valence-electron chi connectivity index (χ3n) is 2.42. The third-order valence-corrected chi connectivity index (χ3v) is 2.42. The molecule has 2 heterocycles. The second-order valence-corrected chi connectivity index (χ2v) is 3.61. The molecule has 0 amide bonds. The van der Waals surface area contributed by atoms with Crippen molar-refractivity contribution < 1.29 is 4.63 Å². The van der Waals surface area contributed by atoms with E-state index in [0.717, 1.165) is 5.56 Å². The quantitative estimate of drug-likeness (QED) is 0.704. The highest BCUT2D eigenvalue weighted by molar-refractivity contribution is 5.62. The summed E-state index contributed by atoms with van der Waals surface area (Å²) in [6.45, 7) is 0. The molecule has 0 atom stereocenters. The van der Waals surface area contributed by atoms with E-state index >= 15 is 0 Å². The molecular formula is C11H8N4O2. The van der Waals surface area contributed by atoms with Crippen molar-refractivity contribution in [3.8, 4) is 0 Å². The van der Waals surface area contributed by atoms with Gasteiger partial charge in [0.25, 0.3) is 5.56 Å². The zero-order valence-corrected chi connectivity index (χ0v) is 8.75. The third kappa shape index (κ3) is 1.80. The van der Waals surface area contributed by atoms with Crippen LogP contribution in [0.3, 0.4) is 0 Å². The van der Waals surface area contributed by atoms with Crippen LogP contribution >= 0.6 is 0 Å². The van der Waals surface area contributed by atoms with Crippen LogP contribution in [0.25, 0.3) is 11.3 Å². The SMILES string of the molecule is O=c1[nH]c2nonc2nc1Cc1ccccc1. The Balaban J connectivity index is 2.05. The van der Waals surface area contributed by atoms with Gasteiger partial charge in [-0.05, 0) is 15.9 Å². The molecule has 3 rings (SSSR count). The van der Waals surface area contributed by atoms with Crippen molar-refractivity contribution >= 4 is 11.3 Å². The van der Waals surface area contributed by atoms with Gasteiger partial charge in [-0.1, -0.05) is 30.3 Å². The van der Waals surface area contributed by atoms with Crippen LogP contribution < -0.4 is 5.56 Å². The van der Waals surface area contributed by atoms with Crippen LogP contribution in [0.5, 0.6) is 0 Å². The van der Waals surface area contributed by atoms with E-state index in [0.29, 0.717) is 17.8 Å². The van der Waals surface area contributed by atoms with Crippen LogP contribution in [0.2, 0.25) is 0 Å². The Morgan fingerprint density at radius 2 is 2.00 bits per heavy atom. The highest BCUT2D eigenvalue weighted by Gasteiger charge is 2.09. The zero-order valence-electron chi connectivity index (χ0n) is 8.75. The Hall–Kier alpha value is -2.50. The Kier molecular flexibility index (Phi) is 2.18. The molecule has 6 nitrogen and oxygen atoms in total. The lowest BCUT2D eigenvalue weighted by Gasteiger charge is -1.98. The molecule has 0 aliphatic carbocycles. The number of nitrogens with zero attached hydrogens (tertiary/aromatic N) is 3. The summed E-state index contributed by atoms with van der Waals surface area (Å²) < 4.78 is 4.49. The van der Waals surface area contributed by atoms with Crippen molar-refractivity contribution in [2.45, 2.75) is 6.42 Å². The van der Waals surface area contributed by atoms with Gasteiger partial charge < -0.3 is 0 Å². The van der Waals surface area contributed by atoms with Gasteiger partial charge in [0.1, 0.15) is 5.69 Å². The van der Waals surface area contributed by atoms with Crippen LogP contribution in [0, 0.1) is 0 Å². The van der Waals surface area contributed by atoms with E-state index in [1.165, 1.54) is 0 Å². The van der Waals surface area contributed by atoms with E-state index in [4.69, 9.17) is 0 Å². The summed E-state index contributed by atoms with van der Waals surface area (Å²) in [4.78, 5) is 18.4. The van der Waals surface area contributed by atoms with Crippen LogP contribution in [0.15, 0.2) is 39.8 Å². The van der Waals surface area contributed by atoms with Gasteiger partial charge in [0, 0.05) is 6.42 Å². The van der Waals surface area contributed by atoms with Crippen molar-refractivity contribution in [2.24, 2.45) is 0 Å². The van der Waals surface area contributed by atoms with E-state index in [1.807, 2.05) is 30.3 Å². The average Bonchev–Trinajstić information content (AvgIpc) is 2.78. The molecule has 0 unspecified atom stereocenters. The van der Waals surface area contributed by atoms with Crippen molar-refractivity contribution in [1.82, 2.24) is 20.3 Å². The van der Waals surface area contributed by atoms with Gasteiger partial charge in [0.15, 0.2) is 0 Å². The molecular weight excluding hydrogens is 220 g/mol. The first-order valence-electron chi connectivity index (χ1n) is 5.08. The van der Waals surface area contributed by atoms with Gasteiger partial charge in [0.05, 0.1) is 0 Å². The van der Waals surface area contributed by atoms with Gasteiger partial charge in [0.2, 0.25) is 11.3 Å². The van der Waals surface area contributed by atoms with E-state index in [1.54, 1.807) is 0 Å². The molecule has 0 fully saturated rings. The van der Waals surface area contributed by atoms with Crippen molar-refractivity contribution in [3.05, 3.63) is 51.9 Å². The molecule has 84 valence electrons. The molecule has 1 N–H and O–H groups in total. The second-order valence-electron chi connectivity index (χ2n) is 3.61. The summed E-state index contributed by atoms with van der Waals surface area (Å²) >= 11 is 0. The Labute approximate surface area is 95.3 Å². The minimum Gasteiger partial charge on any atom is -0.299 e. The number of rotatable bonds is 2. The second kappa shape index (κ2) is 3.82. The number of H-pyrrole nitrogens is 1. The first-order chi connectivity index (χ1) is 8.33. The minimum atomic E-state index is -0.267. The average molecular weight is 228 g/mol. The summed E-state index contributed by atoms with van der Waals surface area (Å²) in [5, 5.41) is 7.12.